The number of nitrogens with one attached hydrogen (secondary N) is 1. The number of amides is 1. The molecule has 1 aliphatic heterocycles. The highest BCUT2D eigenvalue weighted by Gasteiger charge is 2.34. The lowest BCUT2D eigenvalue weighted by Crippen LogP contribution is -2.44. The average molecular weight is 399 g/mol. The van der Waals surface area contributed by atoms with Crippen LogP contribution in [0.3, 0.4) is 0 Å². The zero-order valence-electron chi connectivity index (χ0n) is 17.6. The molecule has 1 amide bonds. The summed E-state index contributed by atoms with van der Waals surface area (Å²) in [7, 11) is 7.32. The molecular formula is C22H30N4O3. The fourth-order valence-electron chi connectivity index (χ4n) is 3.85. The maximum Gasteiger partial charge on any atom is 0.224 e. The lowest BCUT2D eigenvalue weighted by atomic mass is 10.0. The SMILES string of the molecule is COc1ccc(CC(=O)N[C@@H]2CN(c3ccccn3)C[C@H]2CN(C)C)cc1OC. The van der Waals surface area contributed by atoms with Gasteiger partial charge in [-0.1, -0.05) is 12.1 Å². The van der Waals surface area contributed by atoms with E-state index in [2.05, 4.69) is 34.2 Å². The Morgan fingerprint density at radius 3 is 2.62 bits per heavy atom. The number of hydrogen-bond donors (Lipinski definition) is 1. The maximum absolute atomic E-state index is 12.8. The number of pyridine rings is 1. The lowest BCUT2D eigenvalue weighted by Gasteiger charge is -2.22. The van der Waals surface area contributed by atoms with Gasteiger partial charge in [-0.15, -0.1) is 0 Å². The summed E-state index contributed by atoms with van der Waals surface area (Å²) in [4.78, 5) is 21.6. The lowest BCUT2D eigenvalue weighted by molar-refractivity contribution is -0.121. The number of rotatable bonds is 8. The van der Waals surface area contributed by atoms with Gasteiger partial charge in [-0.2, -0.15) is 0 Å². The van der Waals surface area contributed by atoms with Crippen molar-refractivity contribution in [3.8, 4) is 11.5 Å². The number of anilines is 1. The van der Waals surface area contributed by atoms with Crippen molar-refractivity contribution in [2.45, 2.75) is 12.5 Å². The Bertz CT molecular complexity index is 813. The van der Waals surface area contributed by atoms with E-state index in [-0.39, 0.29) is 11.9 Å². The molecule has 7 heteroatoms. The molecule has 0 saturated carbocycles. The van der Waals surface area contributed by atoms with E-state index >= 15 is 0 Å². The molecule has 1 N–H and O–H groups in total. The van der Waals surface area contributed by atoms with Crippen molar-refractivity contribution in [1.29, 1.82) is 0 Å². The van der Waals surface area contributed by atoms with Crippen LogP contribution in [0.2, 0.25) is 0 Å². The molecule has 3 rings (SSSR count). The van der Waals surface area contributed by atoms with Crippen LogP contribution in [-0.4, -0.2) is 69.8 Å². The molecule has 0 unspecified atom stereocenters. The molecular weight excluding hydrogens is 368 g/mol. The monoisotopic (exact) mass is 398 g/mol. The molecule has 2 heterocycles. The standard InChI is InChI=1S/C22H30N4O3/c1-25(2)13-17-14-26(21-7-5-6-10-23-21)15-18(17)24-22(27)12-16-8-9-19(28-3)20(11-16)29-4/h5-11,17-18H,12-15H2,1-4H3,(H,24,27)/t17-,18-/m1/s1. The molecule has 156 valence electrons. The van der Waals surface area contributed by atoms with Crippen molar-refractivity contribution >= 4 is 11.7 Å². The van der Waals surface area contributed by atoms with Crippen molar-refractivity contribution in [3.63, 3.8) is 0 Å². The van der Waals surface area contributed by atoms with E-state index in [9.17, 15) is 4.79 Å². The number of hydrogen-bond acceptors (Lipinski definition) is 6. The number of methoxy groups -OCH3 is 2. The molecule has 29 heavy (non-hydrogen) atoms. The fourth-order valence-corrected chi connectivity index (χ4v) is 3.85. The number of carbonyl (C=O) groups is 1. The first-order valence-electron chi connectivity index (χ1n) is 9.81. The summed E-state index contributed by atoms with van der Waals surface area (Å²) in [6, 6.07) is 11.6. The normalized spacial score (nSPS) is 18.7. The number of carbonyl (C=O) groups excluding carboxylic acids is 1. The van der Waals surface area contributed by atoms with Crippen LogP contribution in [0.4, 0.5) is 5.82 Å². The smallest absolute Gasteiger partial charge is 0.224 e. The van der Waals surface area contributed by atoms with Gasteiger partial charge in [0.1, 0.15) is 5.82 Å². The first kappa shape index (κ1) is 20.9. The molecule has 1 fully saturated rings. The summed E-state index contributed by atoms with van der Waals surface area (Å²) in [6.07, 6.45) is 2.11. The minimum absolute atomic E-state index is 0.00819. The highest BCUT2D eigenvalue weighted by Crippen LogP contribution is 2.28. The highest BCUT2D eigenvalue weighted by molar-refractivity contribution is 5.79. The van der Waals surface area contributed by atoms with Crippen LogP contribution in [0.5, 0.6) is 11.5 Å². The average Bonchev–Trinajstić information content (AvgIpc) is 3.10. The van der Waals surface area contributed by atoms with Crippen molar-refractivity contribution in [2.75, 3.05) is 52.8 Å². The zero-order chi connectivity index (χ0) is 20.8. The first-order valence-corrected chi connectivity index (χ1v) is 9.81. The third-order valence-corrected chi connectivity index (χ3v) is 5.17. The number of ether oxygens (including phenoxy) is 2. The Kier molecular flexibility index (Phi) is 6.93. The van der Waals surface area contributed by atoms with Crippen molar-refractivity contribution in [3.05, 3.63) is 48.2 Å². The predicted octanol–water partition coefficient (Wildman–Crippen LogP) is 1.82. The quantitative estimate of drug-likeness (QED) is 0.732. The molecule has 0 spiro atoms. The molecule has 0 bridgehead atoms. The predicted molar refractivity (Wildman–Crippen MR) is 114 cm³/mol. The van der Waals surface area contributed by atoms with E-state index < -0.39 is 0 Å². The third kappa shape index (κ3) is 5.38. The highest BCUT2D eigenvalue weighted by atomic mass is 16.5. The number of aromatic nitrogens is 1. The van der Waals surface area contributed by atoms with Crippen LogP contribution >= 0.6 is 0 Å². The Hall–Kier alpha value is -2.80. The van der Waals surface area contributed by atoms with Crippen LogP contribution in [-0.2, 0) is 11.2 Å². The van der Waals surface area contributed by atoms with E-state index in [1.54, 1.807) is 20.4 Å². The van der Waals surface area contributed by atoms with Gasteiger partial charge in [-0.25, -0.2) is 4.98 Å². The second kappa shape index (κ2) is 9.60. The second-order valence-electron chi connectivity index (χ2n) is 7.66. The Labute approximate surface area is 172 Å². The van der Waals surface area contributed by atoms with E-state index in [0.717, 1.165) is 31.0 Å². The van der Waals surface area contributed by atoms with Crippen molar-refractivity contribution in [2.24, 2.45) is 5.92 Å². The first-order chi connectivity index (χ1) is 14.0. The van der Waals surface area contributed by atoms with Crippen LogP contribution < -0.4 is 19.7 Å². The molecule has 7 nitrogen and oxygen atoms in total. The zero-order valence-corrected chi connectivity index (χ0v) is 17.6. The van der Waals surface area contributed by atoms with E-state index in [1.807, 2.05) is 36.4 Å². The summed E-state index contributed by atoms with van der Waals surface area (Å²) in [6.45, 7) is 2.54. The molecule has 1 saturated heterocycles. The Morgan fingerprint density at radius 1 is 1.17 bits per heavy atom. The largest absolute Gasteiger partial charge is 0.493 e. The third-order valence-electron chi connectivity index (χ3n) is 5.17. The van der Waals surface area contributed by atoms with Crippen LogP contribution in [0, 0.1) is 5.92 Å². The van der Waals surface area contributed by atoms with Gasteiger partial charge in [-0.05, 0) is 43.9 Å². The number of benzene rings is 1. The summed E-state index contributed by atoms with van der Waals surface area (Å²) in [5.41, 5.74) is 0.892. The minimum atomic E-state index is 0.00819. The summed E-state index contributed by atoms with van der Waals surface area (Å²) in [5.74, 6) is 2.58. The number of nitrogens with zero attached hydrogens (tertiary/aromatic N) is 3. The van der Waals surface area contributed by atoms with E-state index in [4.69, 9.17) is 9.47 Å². The molecule has 1 aromatic heterocycles. The summed E-state index contributed by atoms with van der Waals surface area (Å²) in [5, 5.41) is 3.24. The Balaban J connectivity index is 1.67. The van der Waals surface area contributed by atoms with E-state index in [0.29, 0.717) is 23.8 Å². The molecule has 2 aromatic rings. The Morgan fingerprint density at radius 2 is 1.97 bits per heavy atom. The summed E-state index contributed by atoms with van der Waals surface area (Å²) >= 11 is 0. The second-order valence-corrected chi connectivity index (χ2v) is 7.66. The van der Waals surface area contributed by atoms with Gasteiger partial charge in [0.15, 0.2) is 11.5 Å². The molecule has 0 radical (unpaired) electrons. The summed E-state index contributed by atoms with van der Waals surface area (Å²) < 4.78 is 10.6. The van der Waals surface area contributed by atoms with Gasteiger partial charge >= 0.3 is 0 Å². The van der Waals surface area contributed by atoms with Gasteiger partial charge < -0.3 is 24.6 Å². The van der Waals surface area contributed by atoms with Gasteiger partial charge in [0.05, 0.1) is 26.7 Å². The van der Waals surface area contributed by atoms with Gasteiger partial charge in [0.25, 0.3) is 0 Å². The molecule has 1 aromatic carbocycles. The van der Waals surface area contributed by atoms with Crippen LogP contribution in [0.25, 0.3) is 0 Å². The van der Waals surface area contributed by atoms with Crippen LogP contribution in [0.1, 0.15) is 5.56 Å². The van der Waals surface area contributed by atoms with Gasteiger partial charge in [0.2, 0.25) is 5.91 Å². The van der Waals surface area contributed by atoms with Crippen LogP contribution in [0.15, 0.2) is 42.6 Å². The van der Waals surface area contributed by atoms with Crippen molar-refractivity contribution < 1.29 is 14.3 Å². The molecule has 2 atom stereocenters. The van der Waals surface area contributed by atoms with Gasteiger partial charge in [-0.3, -0.25) is 4.79 Å². The van der Waals surface area contributed by atoms with E-state index in [1.165, 1.54) is 0 Å². The van der Waals surface area contributed by atoms with Gasteiger partial charge in [0, 0.05) is 31.7 Å². The van der Waals surface area contributed by atoms with Crippen molar-refractivity contribution in [1.82, 2.24) is 15.2 Å². The topological polar surface area (TPSA) is 66.9 Å². The minimum Gasteiger partial charge on any atom is -0.493 e. The molecule has 1 aliphatic rings. The molecule has 0 aliphatic carbocycles. The maximum atomic E-state index is 12.8. The fraction of sp³-hybridized carbons (Fsp3) is 0.455.